The smallest absolute Gasteiger partial charge is 0.260 e. The number of nitrogens with one attached hydrogen (secondary N) is 1. The van der Waals surface area contributed by atoms with E-state index in [1.54, 1.807) is 15.6 Å². The first-order valence-electron chi connectivity index (χ1n) is 10.8. The molecule has 1 N–H and O–H groups in total. The van der Waals surface area contributed by atoms with Crippen LogP contribution in [0.4, 0.5) is 5.82 Å². The maximum absolute atomic E-state index is 13.2. The highest BCUT2D eigenvalue weighted by Gasteiger charge is 2.19. The summed E-state index contributed by atoms with van der Waals surface area (Å²) >= 11 is 0. The third-order valence-electron chi connectivity index (χ3n) is 5.78. The van der Waals surface area contributed by atoms with Crippen LogP contribution in [0.3, 0.4) is 0 Å². The van der Waals surface area contributed by atoms with Crippen molar-refractivity contribution in [1.29, 1.82) is 0 Å². The summed E-state index contributed by atoms with van der Waals surface area (Å²) in [6, 6.07) is 19.7. The molecule has 2 aromatic carbocycles. The van der Waals surface area contributed by atoms with E-state index in [0.717, 1.165) is 39.1 Å². The van der Waals surface area contributed by atoms with Gasteiger partial charge in [0.2, 0.25) is 0 Å². The number of para-hydroxylation sites is 2. The van der Waals surface area contributed by atoms with Crippen LogP contribution in [-0.2, 0) is 0 Å². The molecule has 0 saturated heterocycles. The maximum atomic E-state index is 13.2. The normalized spacial score (nSPS) is 11.2. The average Bonchev–Trinajstić information content (AvgIpc) is 3.37. The minimum absolute atomic E-state index is 0.246. The summed E-state index contributed by atoms with van der Waals surface area (Å²) in [5.74, 6) is 0.975. The summed E-state index contributed by atoms with van der Waals surface area (Å²) in [4.78, 5) is 18.0. The van der Waals surface area contributed by atoms with E-state index in [9.17, 15) is 4.79 Å². The number of aromatic nitrogens is 5. The molecule has 7 nitrogen and oxygen atoms in total. The van der Waals surface area contributed by atoms with Gasteiger partial charge in [-0.1, -0.05) is 36.4 Å². The number of nitrogens with zero attached hydrogens (tertiary/aromatic N) is 5. The third-order valence-corrected chi connectivity index (χ3v) is 5.78. The molecule has 1 amide bonds. The Morgan fingerprint density at radius 2 is 1.67 bits per heavy atom. The fourth-order valence-corrected chi connectivity index (χ4v) is 4.06. The Hall–Kier alpha value is -4.26. The maximum Gasteiger partial charge on any atom is 0.260 e. The van der Waals surface area contributed by atoms with Gasteiger partial charge in [-0.2, -0.15) is 14.9 Å². The molecule has 3 aromatic heterocycles. The summed E-state index contributed by atoms with van der Waals surface area (Å²) in [5, 5.41) is 13.1. The van der Waals surface area contributed by atoms with Crippen LogP contribution >= 0.6 is 0 Å². The average molecular weight is 437 g/mol. The monoisotopic (exact) mass is 436 g/mol. The number of anilines is 1. The number of hydrogen-bond acceptors (Lipinski definition) is 4. The molecule has 0 unspecified atom stereocenters. The highest BCUT2D eigenvalue weighted by atomic mass is 16.1. The number of benzene rings is 2. The number of hydrogen-bond donors (Lipinski definition) is 1. The largest absolute Gasteiger partial charge is 0.306 e. The van der Waals surface area contributed by atoms with Gasteiger partial charge in [-0.15, -0.1) is 0 Å². The van der Waals surface area contributed by atoms with Gasteiger partial charge in [0.1, 0.15) is 5.82 Å². The Bertz CT molecular complexity index is 1500. The third kappa shape index (κ3) is 3.67. The Balaban J connectivity index is 1.51. The number of carbonyl (C=O) groups is 1. The van der Waals surface area contributed by atoms with Crippen molar-refractivity contribution in [2.24, 2.45) is 0 Å². The lowest BCUT2D eigenvalue weighted by molar-refractivity contribution is 0.102. The predicted molar refractivity (Wildman–Crippen MR) is 129 cm³/mol. The zero-order valence-electron chi connectivity index (χ0n) is 19.0. The molecule has 0 aliphatic rings. The number of aryl methyl sites for hydroxylation is 3. The second-order valence-electron chi connectivity index (χ2n) is 8.20. The number of amides is 1. The van der Waals surface area contributed by atoms with Crippen molar-refractivity contribution in [2.75, 3.05) is 5.32 Å². The summed E-state index contributed by atoms with van der Waals surface area (Å²) in [6.45, 7) is 7.88. The molecule has 0 spiro atoms. The lowest BCUT2D eigenvalue weighted by Gasteiger charge is -2.12. The molecular formula is C26H24N6O. The molecule has 5 rings (SSSR count). The molecule has 164 valence electrons. The Kier molecular flexibility index (Phi) is 5.01. The molecule has 0 bridgehead atoms. The molecular weight excluding hydrogens is 412 g/mol. The van der Waals surface area contributed by atoms with Gasteiger partial charge in [0, 0.05) is 11.5 Å². The second kappa shape index (κ2) is 8.02. The van der Waals surface area contributed by atoms with E-state index in [1.807, 2.05) is 75.4 Å². The standard InChI is InChI=1S/C26H24N6O/c1-16-9-8-12-21-17(2)13-23(28-25(16)21)32-24(14-18(3)30-32)29-26(33)22-15-27-31(19(22)4)20-10-6-5-7-11-20/h5-15H,1-4H3,(H,29,33). The Labute approximate surface area is 191 Å². The fraction of sp³-hybridized carbons (Fsp3) is 0.154. The van der Waals surface area contributed by atoms with Crippen LogP contribution in [0.25, 0.3) is 22.4 Å². The van der Waals surface area contributed by atoms with Crippen molar-refractivity contribution in [3.8, 4) is 11.5 Å². The van der Waals surface area contributed by atoms with Crippen LogP contribution in [0.1, 0.15) is 32.9 Å². The van der Waals surface area contributed by atoms with Crippen LogP contribution in [0.5, 0.6) is 0 Å². The Morgan fingerprint density at radius 1 is 0.879 bits per heavy atom. The highest BCUT2D eigenvalue weighted by Crippen LogP contribution is 2.25. The summed E-state index contributed by atoms with van der Waals surface area (Å²) in [7, 11) is 0. The van der Waals surface area contributed by atoms with Gasteiger partial charge >= 0.3 is 0 Å². The molecule has 0 atom stereocenters. The Morgan fingerprint density at radius 3 is 2.45 bits per heavy atom. The zero-order chi connectivity index (χ0) is 23.1. The van der Waals surface area contributed by atoms with Crippen molar-refractivity contribution in [3.05, 3.63) is 94.9 Å². The summed E-state index contributed by atoms with van der Waals surface area (Å²) in [6.07, 6.45) is 1.59. The fourth-order valence-electron chi connectivity index (χ4n) is 4.06. The molecule has 0 saturated carbocycles. The molecule has 0 fully saturated rings. The van der Waals surface area contributed by atoms with Crippen LogP contribution < -0.4 is 5.32 Å². The first-order valence-corrected chi connectivity index (χ1v) is 10.8. The van der Waals surface area contributed by atoms with E-state index in [0.29, 0.717) is 17.2 Å². The van der Waals surface area contributed by atoms with Crippen molar-refractivity contribution >= 4 is 22.6 Å². The van der Waals surface area contributed by atoms with Crippen molar-refractivity contribution < 1.29 is 4.79 Å². The van der Waals surface area contributed by atoms with Crippen molar-refractivity contribution in [3.63, 3.8) is 0 Å². The van der Waals surface area contributed by atoms with Crippen LogP contribution in [-0.4, -0.2) is 30.5 Å². The van der Waals surface area contributed by atoms with E-state index < -0.39 is 0 Å². The van der Waals surface area contributed by atoms with Gasteiger partial charge in [0.25, 0.3) is 5.91 Å². The second-order valence-corrected chi connectivity index (χ2v) is 8.20. The van der Waals surface area contributed by atoms with Gasteiger partial charge in [0.15, 0.2) is 5.82 Å². The van der Waals surface area contributed by atoms with E-state index in [-0.39, 0.29) is 5.91 Å². The summed E-state index contributed by atoms with van der Waals surface area (Å²) in [5.41, 5.74) is 6.07. The van der Waals surface area contributed by atoms with E-state index >= 15 is 0 Å². The number of rotatable bonds is 4. The van der Waals surface area contributed by atoms with E-state index in [2.05, 4.69) is 28.5 Å². The lowest BCUT2D eigenvalue weighted by Crippen LogP contribution is -2.16. The minimum atomic E-state index is -0.246. The van der Waals surface area contributed by atoms with Gasteiger partial charge < -0.3 is 5.32 Å². The van der Waals surface area contributed by atoms with Crippen LogP contribution in [0.2, 0.25) is 0 Å². The number of carbonyl (C=O) groups excluding carboxylic acids is 1. The van der Waals surface area contributed by atoms with Gasteiger partial charge in [-0.25, -0.2) is 9.67 Å². The first-order chi connectivity index (χ1) is 15.9. The molecule has 0 aliphatic carbocycles. The molecule has 7 heteroatoms. The van der Waals surface area contributed by atoms with Gasteiger partial charge in [0.05, 0.1) is 34.4 Å². The van der Waals surface area contributed by atoms with Crippen molar-refractivity contribution in [2.45, 2.75) is 27.7 Å². The lowest BCUT2D eigenvalue weighted by atomic mass is 10.1. The molecule has 0 radical (unpaired) electrons. The van der Waals surface area contributed by atoms with Crippen LogP contribution in [0.15, 0.2) is 66.9 Å². The van der Waals surface area contributed by atoms with Crippen molar-refractivity contribution in [1.82, 2.24) is 24.5 Å². The predicted octanol–water partition coefficient (Wildman–Crippen LogP) is 5.09. The van der Waals surface area contributed by atoms with E-state index in [1.165, 1.54) is 0 Å². The highest BCUT2D eigenvalue weighted by molar-refractivity contribution is 6.04. The van der Waals surface area contributed by atoms with Crippen LogP contribution in [0, 0.1) is 27.7 Å². The van der Waals surface area contributed by atoms with E-state index in [4.69, 9.17) is 4.98 Å². The molecule has 0 aliphatic heterocycles. The first kappa shape index (κ1) is 20.6. The SMILES string of the molecule is Cc1cc(NC(=O)c2cnn(-c3ccccc3)c2C)n(-c2cc(C)c3cccc(C)c3n2)n1. The molecule has 5 aromatic rings. The quantitative estimate of drug-likeness (QED) is 0.426. The summed E-state index contributed by atoms with van der Waals surface area (Å²) < 4.78 is 3.44. The number of pyridine rings is 1. The van der Waals surface area contributed by atoms with Gasteiger partial charge in [-0.05, 0) is 57.0 Å². The molecule has 3 heterocycles. The number of fused-ring (bicyclic) bond motifs is 1. The molecule has 33 heavy (non-hydrogen) atoms. The topological polar surface area (TPSA) is 77.6 Å². The minimum Gasteiger partial charge on any atom is -0.306 e. The van der Waals surface area contributed by atoms with Gasteiger partial charge in [-0.3, -0.25) is 4.79 Å². The zero-order valence-corrected chi connectivity index (χ0v) is 19.0.